The van der Waals surface area contributed by atoms with Crippen molar-refractivity contribution in [3.05, 3.63) is 64.3 Å². The van der Waals surface area contributed by atoms with Crippen LogP contribution >= 0.6 is 0 Å². The molecule has 1 aliphatic carbocycles. The molecule has 0 amide bonds. The highest BCUT2D eigenvalue weighted by molar-refractivity contribution is 5.99. The quantitative estimate of drug-likeness (QED) is 0.613. The van der Waals surface area contributed by atoms with Crippen molar-refractivity contribution in [3.8, 4) is 22.9 Å². The van der Waals surface area contributed by atoms with Gasteiger partial charge in [-0.15, -0.1) is 0 Å². The second kappa shape index (κ2) is 8.06. The molecule has 3 aromatic rings. The van der Waals surface area contributed by atoms with Crippen molar-refractivity contribution in [1.82, 2.24) is 4.57 Å². The third-order valence-electron chi connectivity index (χ3n) is 5.14. The highest BCUT2D eigenvalue weighted by Gasteiger charge is 2.30. The lowest BCUT2D eigenvalue weighted by Crippen LogP contribution is -2.23. The van der Waals surface area contributed by atoms with Crippen molar-refractivity contribution in [2.24, 2.45) is 0 Å². The van der Waals surface area contributed by atoms with Crippen LogP contribution in [0.3, 0.4) is 0 Å². The van der Waals surface area contributed by atoms with Crippen molar-refractivity contribution in [2.75, 3.05) is 13.2 Å². The van der Waals surface area contributed by atoms with Gasteiger partial charge in [0.2, 0.25) is 0 Å². The number of aliphatic hydroxyl groups excluding tert-OH is 1. The number of hydrogen-bond donors (Lipinski definition) is 1. The SMILES string of the molecule is N#Cc1c(-c2cccc(F)c2)c2cc(OCCCCO)ccc2c(=O)n1C1CC1. The van der Waals surface area contributed by atoms with Crippen molar-refractivity contribution < 1.29 is 14.2 Å². The molecule has 6 heteroatoms. The van der Waals surface area contributed by atoms with E-state index in [-0.39, 0.29) is 23.9 Å². The molecule has 0 aliphatic heterocycles. The second-order valence-corrected chi connectivity index (χ2v) is 7.24. The Kier molecular flexibility index (Phi) is 5.32. The molecule has 4 rings (SSSR count). The van der Waals surface area contributed by atoms with E-state index in [0.717, 1.165) is 12.8 Å². The number of halogens is 1. The molecule has 1 aromatic heterocycles. The number of nitriles is 1. The van der Waals surface area contributed by atoms with Crippen LogP contribution in [0.25, 0.3) is 21.9 Å². The predicted octanol–water partition coefficient (Wildman–Crippen LogP) is 4.17. The number of nitrogens with zero attached hydrogens (tertiary/aromatic N) is 2. The van der Waals surface area contributed by atoms with Crippen molar-refractivity contribution >= 4 is 10.8 Å². The predicted molar refractivity (Wildman–Crippen MR) is 108 cm³/mol. The van der Waals surface area contributed by atoms with Crippen LogP contribution in [-0.2, 0) is 0 Å². The summed E-state index contributed by atoms with van der Waals surface area (Å²) in [6.45, 7) is 0.544. The largest absolute Gasteiger partial charge is 0.494 e. The summed E-state index contributed by atoms with van der Waals surface area (Å²) < 4.78 is 21.3. The summed E-state index contributed by atoms with van der Waals surface area (Å²) in [6, 6.07) is 13.5. The summed E-state index contributed by atoms with van der Waals surface area (Å²) in [5.41, 5.74) is 1.16. The van der Waals surface area contributed by atoms with Gasteiger partial charge in [0, 0.05) is 29.0 Å². The molecular formula is C23H21FN2O3. The van der Waals surface area contributed by atoms with Crippen LogP contribution in [0.15, 0.2) is 47.3 Å². The molecule has 5 nitrogen and oxygen atoms in total. The van der Waals surface area contributed by atoms with E-state index in [0.29, 0.717) is 47.1 Å². The molecule has 0 spiro atoms. The number of aliphatic hydroxyl groups is 1. The molecule has 2 aromatic carbocycles. The van der Waals surface area contributed by atoms with E-state index in [2.05, 4.69) is 6.07 Å². The van der Waals surface area contributed by atoms with Crippen LogP contribution in [0.2, 0.25) is 0 Å². The molecule has 0 radical (unpaired) electrons. The highest BCUT2D eigenvalue weighted by Crippen LogP contribution is 2.39. The molecule has 0 unspecified atom stereocenters. The summed E-state index contributed by atoms with van der Waals surface area (Å²) in [5, 5.41) is 19.9. The average molecular weight is 392 g/mol. The van der Waals surface area contributed by atoms with Gasteiger partial charge in [-0.25, -0.2) is 4.39 Å². The molecular weight excluding hydrogens is 371 g/mol. The number of aromatic nitrogens is 1. The number of hydrogen-bond acceptors (Lipinski definition) is 4. The first kappa shape index (κ1) is 19.2. The maximum Gasteiger partial charge on any atom is 0.259 e. The third kappa shape index (κ3) is 3.74. The lowest BCUT2D eigenvalue weighted by Gasteiger charge is -2.16. The van der Waals surface area contributed by atoms with Crippen LogP contribution in [0.1, 0.15) is 37.4 Å². The van der Waals surface area contributed by atoms with E-state index in [9.17, 15) is 14.4 Å². The van der Waals surface area contributed by atoms with E-state index in [4.69, 9.17) is 9.84 Å². The molecule has 29 heavy (non-hydrogen) atoms. The lowest BCUT2D eigenvalue weighted by molar-refractivity contribution is 0.253. The number of benzene rings is 2. The molecule has 1 saturated carbocycles. The summed E-state index contributed by atoms with van der Waals surface area (Å²) in [7, 11) is 0. The van der Waals surface area contributed by atoms with Crippen LogP contribution in [0, 0.1) is 17.1 Å². The molecule has 1 N–H and O–H groups in total. The van der Waals surface area contributed by atoms with Gasteiger partial charge in [0.05, 0.1) is 6.61 Å². The van der Waals surface area contributed by atoms with Crippen LogP contribution in [0.4, 0.5) is 4.39 Å². The fraction of sp³-hybridized carbons (Fsp3) is 0.304. The zero-order valence-corrected chi connectivity index (χ0v) is 15.9. The first-order valence-corrected chi connectivity index (χ1v) is 9.76. The van der Waals surface area contributed by atoms with Crippen molar-refractivity contribution in [2.45, 2.75) is 31.7 Å². The van der Waals surface area contributed by atoms with Crippen molar-refractivity contribution in [3.63, 3.8) is 0 Å². The van der Waals surface area contributed by atoms with Gasteiger partial charge in [0.15, 0.2) is 0 Å². The Morgan fingerprint density at radius 2 is 2.00 bits per heavy atom. The smallest absolute Gasteiger partial charge is 0.259 e. The van der Waals surface area contributed by atoms with Crippen molar-refractivity contribution in [1.29, 1.82) is 5.26 Å². The molecule has 1 aliphatic rings. The normalized spacial score (nSPS) is 13.4. The van der Waals surface area contributed by atoms with Gasteiger partial charge in [-0.2, -0.15) is 5.26 Å². The number of fused-ring (bicyclic) bond motifs is 1. The number of pyridine rings is 1. The van der Waals surface area contributed by atoms with E-state index < -0.39 is 5.82 Å². The first-order chi connectivity index (χ1) is 14.1. The Balaban J connectivity index is 1.93. The average Bonchev–Trinajstić information content (AvgIpc) is 3.55. The van der Waals surface area contributed by atoms with Crippen LogP contribution in [-0.4, -0.2) is 22.9 Å². The lowest BCUT2D eigenvalue weighted by atomic mass is 9.96. The van der Waals surface area contributed by atoms with Crippen LogP contribution < -0.4 is 10.3 Å². The monoisotopic (exact) mass is 392 g/mol. The second-order valence-electron chi connectivity index (χ2n) is 7.24. The minimum absolute atomic E-state index is 0.0169. The Bertz CT molecular complexity index is 1160. The van der Waals surface area contributed by atoms with Crippen LogP contribution in [0.5, 0.6) is 5.75 Å². The minimum atomic E-state index is -0.403. The fourth-order valence-corrected chi connectivity index (χ4v) is 3.62. The first-order valence-electron chi connectivity index (χ1n) is 9.76. The Morgan fingerprint density at radius 1 is 1.17 bits per heavy atom. The van der Waals surface area contributed by atoms with Gasteiger partial charge >= 0.3 is 0 Å². The molecule has 1 fully saturated rings. The van der Waals surface area contributed by atoms with Gasteiger partial charge in [0.25, 0.3) is 5.56 Å². The fourth-order valence-electron chi connectivity index (χ4n) is 3.62. The van der Waals surface area contributed by atoms with E-state index in [1.54, 1.807) is 34.9 Å². The Labute approximate surface area is 167 Å². The molecule has 0 bridgehead atoms. The molecule has 0 atom stereocenters. The summed E-state index contributed by atoms with van der Waals surface area (Å²) in [5.74, 6) is 0.167. The van der Waals surface area contributed by atoms with Gasteiger partial charge in [-0.1, -0.05) is 12.1 Å². The maximum atomic E-state index is 14.0. The zero-order chi connectivity index (χ0) is 20.4. The van der Waals surface area contributed by atoms with Gasteiger partial charge in [0.1, 0.15) is 23.3 Å². The van der Waals surface area contributed by atoms with Gasteiger partial charge in [-0.05, 0) is 61.6 Å². The summed E-state index contributed by atoms with van der Waals surface area (Å²) in [4.78, 5) is 13.1. The Hall–Kier alpha value is -3.17. The number of rotatable bonds is 7. The molecule has 1 heterocycles. The summed E-state index contributed by atoms with van der Waals surface area (Å²) in [6.07, 6.45) is 3.06. The topological polar surface area (TPSA) is 75.2 Å². The molecule has 0 saturated heterocycles. The highest BCUT2D eigenvalue weighted by atomic mass is 19.1. The maximum absolute atomic E-state index is 14.0. The number of ether oxygens (including phenoxy) is 1. The van der Waals surface area contributed by atoms with E-state index >= 15 is 0 Å². The molecule has 148 valence electrons. The van der Waals surface area contributed by atoms with Gasteiger partial charge in [-0.3, -0.25) is 9.36 Å². The minimum Gasteiger partial charge on any atom is -0.494 e. The van der Waals surface area contributed by atoms with Gasteiger partial charge < -0.3 is 9.84 Å². The zero-order valence-electron chi connectivity index (χ0n) is 15.9. The van der Waals surface area contributed by atoms with E-state index in [1.807, 2.05) is 0 Å². The third-order valence-corrected chi connectivity index (χ3v) is 5.14. The Morgan fingerprint density at radius 3 is 2.69 bits per heavy atom. The number of unbranched alkanes of at least 4 members (excludes halogenated alkanes) is 1. The standard InChI is InChI=1S/C23H21FN2O3/c24-16-5-3-4-15(12-16)22-20-13-18(29-11-2-1-10-27)8-9-19(20)23(28)26(17-6-7-17)21(22)14-25/h3-5,8-9,12-13,17,27H,1-2,6-7,10-11H2. The summed E-state index contributed by atoms with van der Waals surface area (Å²) >= 11 is 0. The van der Waals surface area contributed by atoms with E-state index in [1.165, 1.54) is 12.1 Å².